The zero-order valence-electron chi connectivity index (χ0n) is 9.47. The van der Waals surface area contributed by atoms with Crippen LogP contribution in [0.25, 0.3) is 0 Å². The lowest BCUT2D eigenvalue weighted by Crippen LogP contribution is -2.31. The number of benzene rings is 1. The molecule has 0 radical (unpaired) electrons. The van der Waals surface area contributed by atoms with E-state index < -0.39 is 11.0 Å². The molecule has 1 aromatic carbocycles. The minimum Gasteiger partial charge on any atom is -0.306 e. The van der Waals surface area contributed by atoms with Gasteiger partial charge in [0.2, 0.25) is 0 Å². The molecule has 0 atom stereocenters. The first kappa shape index (κ1) is 12.9. The van der Waals surface area contributed by atoms with Crippen molar-refractivity contribution in [2.45, 2.75) is 20.0 Å². The fourth-order valence-electron chi connectivity index (χ4n) is 0.994. The average molecular weight is 239 g/mol. The number of carbonyl (C=O) groups is 1. The maximum atomic E-state index is 11.3. The van der Waals surface area contributed by atoms with Gasteiger partial charge in [-0.2, -0.15) is 0 Å². The lowest BCUT2D eigenvalue weighted by Gasteiger charge is -2.09. The number of anilines is 1. The Labute approximate surface area is 97.9 Å². The summed E-state index contributed by atoms with van der Waals surface area (Å²) in [6.07, 6.45) is -0.127. The number of hydrogen-bond donors (Lipinski definition) is 2. The lowest BCUT2D eigenvalue weighted by molar-refractivity contribution is -0.384. The molecule has 0 unspecified atom stereocenters. The first-order chi connectivity index (χ1) is 7.99. The van der Waals surface area contributed by atoms with E-state index in [2.05, 4.69) is 10.8 Å². The number of nitro benzene ring substituents is 1. The fraction of sp³-hybridized carbons (Fsp3) is 0.300. The van der Waals surface area contributed by atoms with Crippen LogP contribution in [-0.4, -0.2) is 17.1 Å². The van der Waals surface area contributed by atoms with Gasteiger partial charge in [0.1, 0.15) is 0 Å². The Balaban J connectivity index is 2.51. The van der Waals surface area contributed by atoms with E-state index >= 15 is 0 Å². The van der Waals surface area contributed by atoms with Gasteiger partial charge >= 0.3 is 6.03 Å². The van der Waals surface area contributed by atoms with Gasteiger partial charge in [0.25, 0.3) is 5.69 Å². The monoisotopic (exact) mass is 239 g/mol. The van der Waals surface area contributed by atoms with Crippen molar-refractivity contribution in [1.29, 1.82) is 0 Å². The van der Waals surface area contributed by atoms with Crippen LogP contribution in [0.5, 0.6) is 0 Å². The number of hydroxylamine groups is 1. The Morgan fingerprint density at radius 1 is 1.35 bits per heavy atom. The van der Waals surface area contributed by atoms with Crippen molar-refractivity contribution in [3.63, 3.8) is 0 Å². The zero-order valence-corrected chi connectivity index (χ0v) is 9.47. The van der Waals surface area contributed by atoms with Gasteiger partial charge in [-0.25, -0.2) is 10.3 Å². The molecule has 0 heterocycles. The summed E-state index contributed by atoms with van der Waals surface area (Å²) in [4.78, 5) is 26.0. The maximum absolute atomic E-state index is 11.3. The van der Waals surface area contributed by atoms with Crippen LogP contribution in [0.3, 0.4) is 0 Å². The van der Waals surface area contributed by atoms with Crippen LogP contribution in [0.4, 0.5) is 16.2 Å². The topological polar surface area (TPSA) is 93.5 Å². The highest BCUT2D eigenvalue weighted by Gasteiger charge is 2.06. The molecule has 1 rings (SSSR count). The van der Waals surface area contributed by atoms with Crippen molar-refractivity contribution in [1.82, 2.24) is 5.48 Å². The highest BCUT2D eigenvalue weighted by atomic mass is 16.7. The molecule has 0 aliphatic heterocycles. The number of nitrogens with zero attached hydrogens (tertiary/aromatic N) is 1. The molecule has 7 heteroatoms. The molecular weight excluding hydrogens is 226 g/mol. The van der Waals surface area contributed by atoms with Crippen LogP contribution in [0, 0.1) is 10.1 Å². The molecule has 2 N–H and O–H groups in total. The predicted molar refractivity (Wildman–Crippen MR) is 61.5 cm³/mol. The lowest BCUT2D eigenvalue weighted by atomic mass is 10.3. The van der Waals surface area contributed by atoms with Gasteiger partial charge in [-0.15, -0.1) is 0 Å². The van der Waals surface area contributed by atoms with Crippen LogP contribution < -0.4 is 10.8 Å². The number of urea groups is 1. The average Bonchev–Trinajstić information content (AvgIpc) is 2.27. The van der Waals surface area contributed by atoms with Gasteiger partial charge in [0.15, 0.2) is 0 Å². The molecule has 0 saturated carbocycles. The second kappa shape index (κ2) is 5.80. The van der Waals surface area contributed by atoms with Gasteiger partial charge in [-0.3, -0.25) is 15.0 Å². The minimum atomic E-state index is -0.535. The molecular formula is C10H13N3O4. The van der Waals surface area contributed by atoms with Crippen molar-refractivity contribution in [2.75, 3.05) is 5.32 Å². The van der Waals surface area contributed by atoms with Crippen LogP contribution >= 0.6 is 0 Å². The molecule has 0 saturated heterocycles. The summed E-state index contributed by atoms with van der Waals surface area (Å²) in [6.45, 7) is 3.54. The van der Waals surface area contributed by atoms with E-state index in [0.717, 1.165) is 0 Å². The Morgan fingerprint density at radius 2 is 1.94 bits per heavy atom. The van der Waals surface area contributed by atoms with Crippen LogP contribution in [0.2, 0.25) is 0 Å². The van der Waals surface area contributed by atoms with Crippen molar-refractivity contribution in [2.24, 2.45) is 0 Å². The van der Waals surface area contributed by atoms with Gasteiger partial charge in [0.05, 0.1) is 11.0 Å². The maximum Gasteiger partial charge on any atom is 0.343 e. The molecule has 0 aliphatic rings. The van der Waals surface area contributed by atoms with Crippen LogP contribution in [0.1, 0.15) is 13.8 Å². The largest absolute Gasteiger partial charge is 0.343 e. The summed E-state index contributed by atoms with van der Waals surface area (Å²) in [5.74, 6) is 0. The third-order valence-electron chi connectivity index (χ3n) is 1.72. The number of nitro groups is 1. The number of carbonyl (C=O) groups excluding carboxylic acids is 1. The molecule has 2 amide bonds. The van der Waals surface area contributed by atoms with Crippen LogP contribution in [-0.2, 0) is 4.84 Å². The molecule has 92 valence electrons. The predicted octanol–water partition coefficient (Wildman–Crippen LogP) is 2.06. The van der Waals surface area contributed by atoms with E-state index in [9.17, 15) is 14.9 Å². The summed E-state index contributed by atoms with van der Waals surface area (Å²) < 4.78 is 0. The van der Waals surface area contributed by atoms with Gasteiger partial charge < -0.3 is 5.32 Å². The molecule has 0 bridgehead atoms. The second-order valence-corrected chi connectivity index (χ2v) is 3.53. The van der Waals surface area contributed by atoms with E-state index in [1.54, 1.807) is 13.8 Å². The van der Waals surface area contributed by atoms with Crippen molar-refractivity contribution >= 4 is 17.4 Å². The number of hydrogen-bond acceptors (Lipinski definition) is 4. The number of rotatable bonds is 4. The number of non-ortho nitro benzene ring substituents is 1. The van der Waals surface area contributed by atoms with E-state index in [4.69, 9.17) is 4.84 Å². The summed E-state index contributed by atoms with van der Waals surface area (Å²) in [7, 11) is 0. The molecule has 0 fully saturated rings. The number of nitrogens with one attached hydrogen (secondary N) is 2. The normalized spacial score (nSPS) is 10.1. The Hall–Kier alpha value is -2.15. The smallest absolute Gasteiger partial charge is 0.306 e. The number of amides is 2. The molecule has 0 aromatic heterocycles. The van der Waals surface area contributed by atoms with E-state index in [0.29, 0.717) is 5.69 Å². The third-order valence-corrected chi connectivity index (χ3v) is 1.72. The SMILES string of the molecule is CC(C)ONC(=O)Nc1ccc([N+](=O)[O-])cc1. The zero-order chi connectivity index (χ0) is 12.8. The molecule has 17 heavy (non-hydrogen) atoms. The molecule has 1 aromatic rings. The Kier molecular flexibility index (Phi) is 4.41. The molecule has 0 spiro atoms. The van der Waals surface area contributed by atoms with Crippen LogP contribution in [0.15, 0.2) is 24.3 Å². The highest BCUT2D eigenvalue weighted by Crippen LogP contribution is 2.15. The fourth-order valence-corrected chi connectivity index (χ4v) is 0.994. The summed E-state index contributed by atoms with van der Waals surface area (Å²) in [5.41, 5.74) is 2.60. The van der Waals surface area contributed by atoms with Gasteiger partial charge in [-0.05, 0) is 26.0 Å². The summed E-state index contributed by atoms with van der Waals surface area (Å²) >= 11 is 0. The third kappa shape index (κ3) is 4.47. The van der Waals surface area contributed by atoms with Crippen molar-refractivity contribution < 1.29 is 14.6 Å². The van der Waals surface area contributed by atoms with Crippen molar-refractivity contribution in [3.05, 3.63) is 34.4 Å². The quantitative estimate of drug-likeness (QED) is 0.621. The molecule has 7 nitrogen and oxygen atoms in total. The standard InChI is InChI=1S/C10H13N3O4/c1-7(2)17-12-10(14)11-8-3-5-9(6-4-8)13(15)16/h3-7H,1-2H3,(H2,11,12,14). The first-order valence-corrected chi connectivity index (χ1v) is 4.96. The first-order valence-electron chi connectivity index (χ1n) is 4.96. The second-order valence-electron chi connectivity index (χ2n) is 3.53. The summed E-state index contributed by atoms with van der Waals surface area (Å²) in [6, 6.07) is 4.95. The van der Waals surface area contributed by atoms with Crippen molar-refractivity contribution in [3.8, 4) is 0 Å². The van der Waals surface area contributed by atoms with Gasteiger partial charge in [-0.1, -0.05) is 0 Å². The molecule has 0 aliphatic carbocycles. The van der Waals surface area contributed by atoms with E-state index in [1.807, 2.05) is 0 Å². The Morgan fingerprint density at radius 3 is 2.41 bits per heavy atom. The van der Waals surface area contributed by atoms with Gasteiger partial charge in [0, 0.05) is 17.8 Å². The summed E-state index contributed by atoms with van der Waals surface area (Å²) in [5, 5.41) is 12.9. The van der Waals surface area contributed by atoms with E-state index in [1.165, 1.54) is 24.3 Å². The minimum absolute atomic E-state index is 0.0330. The Bertz CT molecular complexity index is 403. The van der Waals surface area contributed by atoms with E-state index in [-0.39, 0.29) is 11.8 Å². The highest BCUT2D eigenvalue weighted by molar-refractivity contribution is 5.88.